The Morgan fingerprint density at radius 2 is 2.15 bits per heavy atom. The largest absolute Gasteiger partial charge is 0.384 e. The third-order valence-corrected chi connectivity index (χ3v) is 3.72. The highest BCUT2D eigenvalue weighted by molar-refractivity contribution is 9.10. The van der Waals surface area contributed by atoms with Gasteiger partial charge < -0.3 is 10.6 Å². The second-order valence-electron chi connectivity index (χ2n) is 4.41. The Morgan fingerprint density at radius 1 is 1.35 bits per heavy atom. The summed E-state index contributed by atoms with van der Waals surface area (Å²) in [6.45, 7) is 3.74. The number of benzene rings is 1. The number of amidine groups is 1. The van der Waals surface area contributed by atoms with E-state index in [1.54, 1.807) is 6.20 Å². The van der Waals surface area contributed by atoms with Crippen molar-refractivity contribution in [2.24, 2.45) is 5.73 Å². The van der Waals surface area contributed by atoms with Crippen molar-refractivity contribution in [2.45, 2.75) is 13.5 Å². The zero-order valence-electron chi connectivity index (χ0n) is 11.3. The van der Waals surface area contributed by atoms with Gasteiger partial charge in [-0.1, -0.05) is 6.07 Å². The first-order valence-electron chi connectivity index (χ1n) is 6.40. The minimum atomic E-state index is 0.0659. The van der Waals surface area contributed by atoms with E-state index < -0.39 is 0 Å². The highest BCUT2D eigenvalue weighted by Gasteiger charge is 2.09. The molecule has 0 unspecified atom stereocenters. The molecule has 0 bridgehead atoms. The monoisotopic (exact) mass is 332 g/mol. The van der Waals surface area contributed by atoms with E-state index in [2.05, 4.69) is 32.7 Å². The van der Waals surface area contributed by atoms with Crippen molar-refractivity contribution in [3.63, 3.8) is 0 Å². The lowest BCUT2D eigenvalue weighted by molar-refractivity contribution is 0.809. The van der Waals surface area contributed by atoms with E-state index in [0.717, 1.165) is 28.9 Å². The molecule has 0 spiro atoms. The summed E-state index contributed by atoms with van der Waals surface area (Å²) in [4.78, 5) is 6.57. The lowest BCUT2D eigenvalue weighted by Gasteiger charge is -2.23. The number of halogens is 1. The third-order valence-electron chi connectivity index (χ3n) is 3.07. The van der Waals surface area contributed by atoms with Gasteiger partial charge in [0.1, 0.15) is 5.84 Å². The van der Waals surface area contributed by atoms with E-state index in [1.165, 1.54) is 0 Å². The molecule has 2 rings (SSSR count). The molecule has 0 aliphatic heterocycles. The van der Waals surface area contributed by atoms with Gasteiger partial charge in [0.15, 0.2) is 0 Å². The topological polar surface area (TPSA) is 66.0 Å². The second kappa shape index (κ2) is 6.52. The summed E-state index contributed by atoms with van der Waals surface area (Å²) in [5.41, 5.74) is 8.34. The Hall–Kier alpha value is -1.88. The first-order valence-corrected chi connectivity index (χ1v) is 7.20. The van der Waals surface area contributed by atoms with Crippen LogP contribution in [0.25, 0.3) is 0 Å². The molecule has 0 aliphatic carbocycles. The number of nitrogens with one attached hydrogen (secondary N) is 1. The lowest BCUT2D eigenvalue weighted by atomic mass is 10.1. The molecule has 104 valence electrons. The van der Waals surface area contributed by atoms with E-state index >= 15 is 0 Å². The number of nitrogen functional groups attached to an aromatic ring is 1. The normalized spacial score (nSPS) is 10.3. The molecule has 0 aliphatic rings. The first-order chi connectivity index (χ1) is 9.61. The van der Waals surface area contributed by atoms with Crippen LogP contribution >= 0.6 is 15.9 Å². The maximum Gasteiger partial charge on any atom is 0.123 e. The van der Waals surface area contributed by atoms with Crippen LogP contribution < -0.4 is 10.6 Å². The van der Waals surface area contributed by atoms with Gasteiger partial charge in [0.2, 0.25) is 0 Å². The van der Waals surface area contributed by atoms with Crippen molar-refractivity contribution in [2.75, 3.05) is 11.4 Å². The highest BCUT2D eigenvalue weighted by atomic mass is 79.9. The van der Waals surface area contributed by atoms with Gasteiger partial charge in [0.25, 0.3) is 0 Å². The van der Waals surface area contributed by atoms with Crippen LogP contribution in [0.2, 0.25) is 0 Å². The smallest absolute Gasteiger partial charge is 0.123 e. The second-order valence-corrected chi connectivity index (χ2v) is 5.27. The van der Waals surface area contributed by atoms with Crippen molar-refractivity contribution in [3.8, 4) is 0 Å². The molecule has 2 aromatic rings. The Balaban J connectivity index is 2.24. The summed E-state index contributed by atoms with van der Waals surface area (Å²) >= 11 is 3.47. The van der Waals surface area contributed by atoms with Crippen LogP contribution in [0.4, 0.5) is 5.69 Å². The fourth-order valence-electron chi connectivity index (χ4n) is 1.99. The summed E-state index contributed by atoms with van der Waals surface area (Å²) in [5.74, 6) is 0.0659. The molecule has 0 saturated heterocycles. The predicted octanol–water partition coefficient (Wildman–Crippen LogP) is 3.15. The van der Waals surface area contributed by atoms with Crippen LogP contribution in [0, 0.1) is 5.41 Å². The molecular formula is C15H17BrN4. The minimum Gasteiger partial charge on any atom is -0.384 e. The predicted molar refractivity (Wildman–Crippen MR) is 86.1 cm³/mol. The highest BCUT2D eigenvalue weighted by Crippen LogP contribution is 2.24. The number of nitrogens with zero attached hydrogens (tertiary/aromatic N) is 2. The number of hydrogen-bond donors (Lipinski definition) is 2. The van der Waals surface area contributed by atoms with Crippen molar-refractivity contribution >= 4 is 27.5 Å². The number of hydrogen-bond acceptors (Lipinski definition) is 3. The van der Waals surface area contributed by atoms with E-state index in [1.807, 2.05) is 36.4 Å². The number of nitrogens with two attached hydrogens (primary N) is 1. The van der Waals surface area contributed by atoms with Crippen LogP contribution in [-0.2, 0) is 6.54 Å². The summed E-state index contributed by atoms with van der Waals surface area (Å²) < 4.78 is 0.835. The van der Waals surface area contributed by atoms with Gasteiger partial charge in [0, 0.05) is 28.5 Å². The standard InChI is InChI=1S/C15H17BrN4/c1-2-20(10-11-5-3-4-8-19-11)12-6-7-13(15(17)18)14(16)9-12/h3-9H,2,10H2,1H3,(H3,17,18). The number of pyridine rings is 1. The Bertz CT molecular complexity index is 598. The third kappa shape index (κ3) is 3.36. The first kappa shape index (κ1) is 14.5. The Labute approximate surface area is 127 Å². The zero-order chi connectivity index (χ0) is 14.5. The van der Waals surface area contributed by atoms with Crippen LogP contribution in [0.5, 0.6) is 0 Å². The summed E-state index contributed by atoms with van der Waals surface area (Å²) in [6.07, 6.45) is 1.80. The van der Waals surface area contributed by atoms with Crippen molar-refractivity contribution in [1.82, 2.24) is 4.98 Å². The zero-order valence-corrected chi connectivity index (χ0v) is 12.9. The maximum absolute atomic E-state index is 7.50. The Morgan fingerprint density at radius 3 is 2.70 bits per heavy atom. The quantitative estimate of drug-likeness (QED) is 0.652. The van der Waals surface area contributed by atoms with Gasteiger partial charge in [-0.05, 0) is 53.2 Å². The van der Waals surface area contributed by atoms with Crippen molar-refractivity contribution in [1.29, 1.82) is 5.41 Å². The molecule has 0 saturated carbocycles. The molecule has 0 atom stereocenters. The van der Waals surface area contributed by atoms with Crippen LogP contribution in [0.1, 0.15) is 18.2 Å². The van der Waals surface area contributed by atoms with Crippen LogP contribution in [0.15, 0.2) is 47.1 Å². The SMILES string of the molecule is CCN(Cc1ccccn1)c1ccc(C(=N)N)c(Br)c1. The van der Waals surface area contributed by atoms with Gasteiger partial charge in [-0.3, -0.25) is 10.4 Å². The molecule has 1 aromatic heterocycles. The maximum atomic E-state index is 7.50. The number of rotatable bonds is 5. The molecule has 0 fully saturated rings. The van der Waals surface area contributed by atoms with E-state index in [-0.39, 0.29) is 5.84 Å². The number of aromatic nitrogens is 1. The Kier molecular flexibility index (Phi) is 4.74. The van der Waals surface area contributed by atoms with Crippen LogP contribution in [-0.4, -0.2) is 17.4 Å². The molecular weight excluding hydrogens is 316 g/mol. The average molecular weight is 333 g/mol. The molecule has 0 amide bonds. The molecule has 1 aromatic carbocycles. The molecule has 0 radical (unpaired) electrons. The fraction of sp³-hybridized carbons (Fsp3) is 0.200. The van der Waals surface area contributed by atoms with Crippen molar-refractivity contribution in [3.05, 3.63) is 58.3 Å². The van der Waals surface area contributed by atoms with Gasteiger partial charge in [0.05, 0.1) is 12.2 Å². The molecule has 4 nitrogen and oxygen atoms in total. The average Bonchev–Trinajstić information content (AvgIpc) is 2.45. The lowest BCUT2D eigenvalue weighted by Crippen LogP contribution is -2.23. The summed E-state index contributed by atoms with van der Waals surface area (Å²) in [6, 6.07) is 11.8. The minimum absolute atomic E-state index is 0.0659. The van der Waals surface area contributed by atoms with Gasteiger partial charge in [-0.25, -0.2) is 0 Å². The molecule has 5 heteroatoms. The fourth-order valence-corrected chi connectivity index (χ4v) is 2.57. The summed E-state index contributed by atoms with van der Waals surface area (Å²) in [7, 11) is 0. The molecule has 3 N–H and O–H groups in total. The van der Waals surface area contributed by atoms with Gasteiger partial charge in [-0.15, -0.1) is 0 Å². The summed E-state index contributed by atoms with van der Waals surface area (Å²) in [5, 5.41) is 7.50. The van der Waals surface area contributed by atoms with E-state index in [4.69, 9.17) is 11.1 Å². The van der Waals surface area contributed by atoms with Gasteiger partial charge in [-0.2, -0.15) is 0 Å². The van der Waals surface area contributed by atoms with Crippen molar-refractivity contribution < 1.29 is 0 Å². The van der Waals surface area contributed by atoms with E-state index in [0.29, 0.717) is 5.56 Å². The molecule has 1 heterocycles. The van der Waals surface area contributed by atoms with E-state index in [9.17, 15) is 0 Å². The molecule has 20 heavy (non-hydrogen) atoms. The van der Waals surface area contributed by atoms with Gasteiger partial charge >= 0.3 is 0 Å². The number of anilines is 1. The van der Waals surface area contributed by atoms with Crippen LogP contribution in [0.3, 0.4) is 0 Å².